The molecule has 1 atom stereocenters. The molecular weight excluding hydrogens is 488 g/mol. The third-order valence-electron chi connectivity index (χ3n) is 5.15. The average Bonchev–Trinajstić information content (AvgIpc) is 3.46. The second kappa shape index (κ2) is 10.8. The highest BCUT2D eigenvalue weighted by molar-refractivity contribution is 7.10. The number of benzene rings is 1. The molecule has 0 N–H and O–H groups in total. The van der Waals surface area contributed by atoms with Crippen molar-refractivity contribution in [2.75, 3.05) is 19.8 Å². The summed E-state index contributed by atoms with van der Waals surface area (Å²) in [5, 5.41) is 1.91. The first-order chi connectivity index (χ1) is 16.9. The molecule has 1 aromatic carbocycles. The summed E-state index contributed by atoms with van der Waals surface area (Å²) in [7, 11) is 0. The maximum atomic E-state index is 13.5. The molecule has 1 aliphatic heterocycles. The SMILES string of the molecule is CCOC(=O)COc1cccc(/C=c2\sc3n(c2=O)[C@H](c2cccs2)C(C(=O)OCC)=C(C)N=3)c1. The molecule has 0 unspecified atom stereocenters. The Balaban J connectivity index is 1.75. The second-order valence-corrected chi connectivity index (χ2v) is 9.47. The van der Waals surface area contributed by atoms with E-state index in [1.807, 2.05) is 23.6 Å². The largest absolute Gasteiger partial charge is 0.482 e. The molecule has 0 bridgehead atoms. The number of ether oxygens (including phenoxy) is 3. The first-order valence-corrected chi connectivity index (χ1v) is 12.7. The highest BCUT2D eigenvalue weighted by Crippen LogP contribution is 2.33. The third kappa shape index (κ3) is 5.28. The number of thiazole rings is 1. The van der Waals surface area contributed by atoms with Crippen molar-refractivity contribution >= 4 is 40.7 Å². The molecule has 0 aliphatic carbocycles. The van der Waals surface area contributed by atoms with Gasteiger partial charge < -0.3 is 14.2 Å². The molecule has 8 nitrogen and oxygen atoms in total. The van der Waals surface area contributed by atoms with E-state index in [9.17, 15) is 14.4 Å². The van der Waals surface area contributed by atoms with Crippen LogP contribution in [0.5, 0.6) is 5.75 Å². The lowest BCUT2D eigenvalue weighted by Crippen LogP contribution is -2.39. The normalized spacial score (nSPS) is 15.4. The zero-order valence-electron chi connectivity index (χ0n) is 19.5. The van der Waals surface area contributed by atoms with Crippen LogP contribution >= 0.6 is 22.7 Å². The van der Waals surface area contributed by atoms with Gasteiger partial charge in [0.2, 0.25) is 0 Å². The Morgan fingerprint density at radius 2 is 1.94 bits per heavy atom. The number of carbonyl (C=O) groups is 2. The van der Waals surface area contributed by atoms with E-state index >= 15 is 0 Å². The zero-order chi connectivity index (χ0) is 24.9. The minimum Gasteiger partial charge on any atom is -0.482 e. The standard InChI is InChI=1S/C25H24N2O6S2/c1-4-31-20(28)14-33-17-9-6-8-16(12-17)13-19-23(29)27-22(18-10-7-11-34-18)21(24(30)32-5-2)15(3)26-25(27)35-19/h6-13,22H,4-5,14H2,1-3H3/b19-13-/t22-/m1/s1. The van der Waals surface area contributed by atoms with E-state index < -0.39 is 18.0 Å². The summed E-state index contributed by atoms with van der Waals surface area (Å²) in [4.78, 5) is 43.9. The fourth-order valence-corrected chi connectivity index (χ4v) is 5.57. The van der Waals surface area contributed by atoms with E-state index in [4.69, 9.17) is 14.2 Å². The molecule has 4 rings (SSSR count). The van der Waals surface area contributed by atoms with E-state index in [1.165, 1.54) is 22.7 Å². The molecule has 3 heterocycles. The van der Waals surface area contributed by atoms with E-state index in [1.54, 1.807) is 49.6 Å². The molecule has 0 fully saturated rings. The summed E-state index contributed by atoms with van der Waals surface area (Å²) in [5.74, 6) is -0.447. The fraction of sp³-hybridized carbons (Fsp3) is 0.280. The Bertz CT molecular complexity index is 1450. The molecule has 0 spiro atoms. The van der Waals surface area contributed by atoms with Crippen molar-refractivity contribution in [2.45, 2.75) is 26.8 Å². The van der Waals surface area contributed by atoms with E-state index in [2.05, 4.69) is 4.99 Å². The lowest BCUT2D eigenvalue weighted by atomic mass is 10.0. The first-order valence-electron chi connectivity index (χ1n) is 11.0. The van der Waals surface area contributed by atoms with Crippen LogP contribution < -0.4 is 19.6 Å². The molecule has 0 saturated carbocycles. The summed E-state index contributed by atoms with van der Waals surface area (Å²) >= 11 is 2.72. The lowest BCUT2D eigenvalue weighted by Gasteiger charge is -2.23. The van der Waals surface area contributed by atoms with Crippen LogP contribution in [0.1, 0.15) is 37.3 Å². The minimum absolute atomic E-state index is 0.198. The number of hydrogen-bond donors (Lipinski definition) is 0. The van der Waals surface area contributed by atoms with Crippen LogP contribution in [-0.2, 0) is 19.1 Å². The number of esters is 2. The maximum absolute atomic E-state index is 13.5. The van der Waals surface area contributed by atoms with E-state index in [-0.39, 0.29) is 25.4 Å². The number of hydrogen-bond acceptors (Lipinski definition) is 9. The van der Waals surface area contributed by atoms with Crippen molar-refractivity contribution in [3.8, 4) is 5.75 Å². The van der Waals surface area contributed by atoms with Gasteiger partial charge in [0.05, 0.1) is 29.0 Å². The van der Waals surface area contributed by atoms with Gasteiger partial charge in [-0.3, -0.25) is 9.36 Å². The number of thiophene rings is 1. The van der Waals surface area contributed by atoms with Gasteiger partial charge in [-0.2, -0.15) is 0 Å². The number of aromatic nitrogens is 1. The van der Waals surface area contributed by atoms with E-state index in [0.717, 1.165) is 10.4 Å². The zero-order valence-corrected chi connectivity index (χ0v) is 21.1. The fourth-order valence-electron chi connectivity index (χ4n) is 3.70. The molecule has 3 aromatic rings. The van der Waals surface area contributed by atoms with Crippen LogP contribution in [0.25, 0.3) is 6.08 Å². The van der Waals surface area contributed by atoms with Gasteiger partial charge in [-0.15, -0.1) is 11.3 Å². The van der Waals surface area contributed by atoms with Crippen LogP contribution in [0.4, 0.5) is 0 Å². The third-order valence-corrected chi connectivity index (χ3v) is 7.06. The highest BCUT2D eigenvalue weighted by atomic mass is 32.1. The van der Waals surface area contributed by atoms with Gasteiger partial charge in [0.1, 0.15) is 11.8 Å². The molecule has 2 aromatic heterocycles. The number of rotatable bonds is 8. The molecule has 10 heteroatoms. The van der Waals surface area contributed by atoms with Crippen molar-refractivity contribution < 1.29 is 23.8 Å². The summed E-state index contributed by atoms with van der Waals surface area (Å²) in [5.41, 5.74) is 1.37. The Kier molecular flexibility index (Phi) is 7.62. The Hall–Kier alpha value is -3.50. The minimum atomic E-state index is -0.605. The predicted octanol–water partition coefficient (Wildman–Crippen LogP) is 2.80. The lowest BCUT2D eigenvalue weighted by molar-refractivity contribution is -0.145. The van der Waals surface area contributed by atoms with Crippen molar-refractivity contribution in [1.29, 1.82) is 0 Å². The molecule has 35 heavy (non-hydrogen) atoms. The van der Waals surface area contributed by atoms with Gasteiger partial charge in [-0.1, -0.05) is 29.5 Å². The van der Waals surface area contributed by atoms with Crippen LogP contribution in [0.3, 0.4) is 0 Å². The van der Waals surface area contributed by atoms with Crippen LogP contribution in [0, 0.1) is 0 Å². The quantitative estimate of drug-likeness (QED) is 0.431. The van der Waals surface area contributed by atoms with Gasteiger partial charge >= 0.3 is 11.9 Å². The predicted molar refractivity (Wildman–Crippen MR) is 133 cm³/mol. The molecule has 1 aliphatic rings. The van der Waals surface area contributed by atoms with Crippen molar-refractivity contribution in [3.63, 3.8) is 0 Å². The number of fused-ring (bicyclic) bond motifs is 1. The summed E-state index contributed by atoms with van der Waals surface area (Å²) in [6.45, 7) is 5.55. The molecule has 0 saturated heterocycles. The summed E-state index contributed by atoms with van der Waals surface area (Å²) in [6, 6.07) is 10.3. The maximum Gasteiger partial charge on any atom is 0.344 e. The van der Waals surface area contributed by atoms with Gasteiger partial charge in [0.25, 0.3) is 5.56 Å². The number of allylic oxidation sites excluding steroid dienone is 1. The highest BCUT2D eigenvalue weighted by Gasteiger charge is 2.33. The van der Waals surface area contributed by atoms with Crippen LogP contribution in [-0.4, -0.2) is 36.3 Å². The average molecular weight is 513 g/mol. The smallest absolute Gasteiger partial charge is 0.344 e. The van der Waals surface area contributed by atoms with Crippen LogP contribution in [0.2, 0.25) is 0 Å². The Labute approximate surface area is 209 Å². The Morgan fingerprint density at radius 1 is 1.14 bits per heavy atom. The molecule has 182 valence electrons. The van der Waals surface area contributed by atoms with Crippen molar-refractivity contribution in [2.24, 2.45) is 4.99 Å². The monoisotopic (exact) mass is 512 g/mol. The Morgan fingerprint density at radius 3 is 2.66 bits per heavy atom. The van der Waals surface area contributed by atoms with Gasteiger partial charge in [-0.05, 0) is 56.0 Å². The second-order valence-electron chi connectivity index (χ2n) is 7.48. The first kappa shape index (κ1) is 24.6. The van der Waals surface area contributed by atoms with Gasteiger partial charge in [0.15, 0.2) is 11.4 Å². The van der Waals surface area contributed by atoms with E-state index in [0.29, 0.717) is 26.4 Å². The van der Waals surface area contributed by atoms with Gasteiger partial charge in [-0.25, -0.2) is 14.6 Å². The number of carbonyl (C=O) groups excluding carboxylic acids is 2. The summed E-state index contributed by atoms with van der Waals surface area (Å²) in [6.07, 6.45) is 1.75. The number of nitrogens with zero attached hydrogens (tertiary/aromatic N) is 2. The van der Waals surface area contributed by atoms with Crippen molar-refractivity contribution in [3.05, 3.63) is 83.2 Å². The topological polar surface area (TPSA) is 96.2 Å². The molecule has 0 amide bonds. The molecule has 0 radical (unpaired) electrons. The summed E-state index contributed by atoms with van der Waals surface area (Å²) < 4.78 is 17.7. The van der Waals surface area contributed by atoms with Gasteiger partial charge in [0, 0.05) is 4.88 Å². The van der Waals surface area contributed by atoms with Crippen molar-refractivity contribution in [1.82, 2.24) is 4.57 Å². The molecular formula is C25H24N2O6S2. The van der Waals surface area contributed by atoms with Crippen LogP contribution in [0.15, 0.2) is 62.8 Å².